The molecule has 0 saturated heterocycles. The number of halogens is 1. The Bertz CT molecular complexity index is 1010. The van der Waals surface area contributed by atoms with Gasteiger partial charge < -0.3 is 15.4 Å². The number of carbonyl (C=O) groups excluding carboxylic acids is 2. The summed E-state index contributed by atoms with van der Waals surface area (Å²) in [7, 11) is 0. The summed E-state index contributed by atoms with van der Waals surface area (Å²) in [6.07, 6.45) is 0. The number of benzene rings is 2. The van der Waals surface area contributed by atoms with Crippen LogP contribution in [-0.4, -0.2) is 34.4 Å². The third-order valence-electron chi connectivity index (χ3n) is 3.95. The van der Waals surface area contributed by atoms with Gasteiger partial charge in [0, 0.05) is 18.0 Å². The summed E-state index contributed by atoms with van der Waals surface area (Å²) in [4.78, 5) is 24.2. The topological polar surface area (TPSA) is 93.2 Å². The van der Waals surface area contributed by atoms with Crippen LogP contribution in [-0.2, 0) is 17.1 Å². The summed E-state index contributed by atoms with van der Waals surface area (Å²) in [5.41, 5.74) is 1.46. The monoisotopic (exact) mass is 460 g/mol. The number of anilines is 1. The van der Waals surface area contributed by atoms with Gasteiger partial charge in [-0.25, -0.2) is 4.39 Å². The number of ether oxygens (including phenoxy) is 1. The van der Waals surface area contributed by atoms with Crippen molar-refractivity contribution in [2.75, 3.05) is 17.7 Å². The Hall–Kier alpha value is -2.98. The van der Waals surface area contributed by atoms with Gasteiger partial charge in [-0.1, -0.05) is 23.5 Å². The van der Waals surface area contributed by atoms with Gasteiger partial charge in [-0.15, -0.1) is 22.0 Å². The van der Waals surface area contributed by atoms with Crippen LogP contribution in [0.4, 0.5) is 10.1 Å². The average Bonchev–Trinajstić information content (AvgIpc) is 3.24. The van der Waals surface area contributed by atoms with E-state index >= 15 is 0 Å². The van der Waals surface area contributed by atoms with Crippen LogP contribution < -0.4 is 15.4 Å². The van der Waals surface area contributed by atoms with Crippen LogP contribution in [0.5, 0.6) is 5.75 Å². The second-order valence-electron chi connectivity index (χ2n) is 6.31. The molecular formula is C21H21FN4O3S2. The summed E-state index contributed by atoms with van der Waals surface area (Å²) in [6, 6.07) is 13.0. The Morgan fingerprint density at radius 1 is 1.10 bits per heavy atom. The molecule has 31 heavy (non-hydrogen) atoms. The first-order valence-corrected chi connectivity index (χ1v) is 11.5. The lowest BCUT2D eigenvalue weighted by molar-refractivity contribution is -0.118. The fraction of sp³-hybridized carbons (Fsp3) is 0.238. The third-order valence-corrected chi connectivity index (χ3v) is 5.99. The first-order chi connectivity index (χ1) is 15.0. The zero-order valence-corrected chi connectivity index (χ0v) is 18.4. The predicted octanol–water partition coefficient (Wildman–Crippen LogP) is 3.88. The van der Waals surface area contributed by atoms with Gasteiger partial charge in [0.2, 0.25) is 10.9 Å². The second kappa shape index (κ2) is 11.4. The first kappa shape index (κ1) is 22.7. The van der Waals surface area contributed by atoms with Crippen molar-refractivity contribution in [3.8, 4) is 5.75 Å². The van der Waals surface area contributed by atoms with Crippen molar-refractivity contribution in [3.05, 3.63) is 69.9 Å². The summed E-state index contributed by atoms with van der Waals surface area (Å²) < 4.78 is 18.3. The van der Waals surface area contributed by atoms with Gasteiger partial charge in [0.05, 0.1) is 12.4 Å². The quantitative estimate of drug-likeness (QED) is 0.477. The minimum absolute atomic E-state index is 0.0855. The molecule has 2 aromatic carbocycles. The Labute approximate surface area is 187 Å². The van der Waals surface area contributed by atoms with Crippen LogP contribution in [0.15, 0.2) is 48.5 Å². The van der Waals surface area contributed by atoms with Crippen molar-refractivity contribution in [2.45, 2.75) is 19.2 Å². The number of hydrogen-bond acceptors (Lipinski definition) is 7. The Morgan fingerprint density at radius 3 is 2.55 bits per heavy atom. The molecule has 10 heteroatoms. The molecule has 0 saturated carbocycles. The number of hydrogen-bond donors (Lipinski definition) is 2. The molecule has 0 aliphatic carbocycles. The molecule has 0 unspecified atom stereocenters. The number of rotatable bonds is 10. The van der Waals surface area contributed by atoms with Gasteiger partial charge >= 0.3 is 0 Å². The molecule has 0 bridgehead atoms. The van der Waals surface area contributed by atoms with E-state index in [1.165, 1.54) is 36.0 Å². The van der Waals surface area contributed by atoms with Gasteiger partial charge in [0.15, 0.2) is 0 Å². The zero-order valence-electron chi connectivity index (χ0n) is 16.8. The molecule has 1 heterocycles. The van der Waals surface area contributed by atoms with Gasteiger partial charge in [-0.05, 0) is 48.9 Å². The molecule has 3 aromatic rings. The van der Waals surface area contributed by atoms with Crippen LogP contribution >= 0.6 is 23.1 Å². The van der Waals surface area contributed by atoms with Crippen molar-refractivity contribution in [2.24, 2.45) is 0 Å². The van der Waals surface area contributed by atoms with E-state index in [1.54, 1.807) is 0 Å². The van der Waals surface area contributed by atoms with E-state index in [0.717, 1.165) is 22.6 Å². The number of thioether (sulfide) groups is 1. The molecule has 2 N–H and O–H groups in total. The number of nitrogens with zero attached hydrogens (tertiary/aromatic N) is 2. The first-order valence-electron chi connectivity index (χ1n) is 9.49. The summed E-state index contributed by atoms with van der Waals surface area (Å²) >= 11 is 2.55. The number of carbonyl (C=O) groups is 2. The predicted molar refractivity (Wildman–Crippen MR) is 120 cm³/mol. The van der Waals surface area contributed by atoms with E-state index < -0.39 is 5.91 Å². The lowest BCUT2D eigenvalue weighted by atomic mass is 10.2. The van der Waals surface area contributed by atoms with Crippen molar-refractivity contribution < 1.29 is 18.7 Å². The molecule has 3 rings (SSSR count). The molecule has 0 fully saturated rings. The molecule has 0 aliphatic rings. The highest BCUT2D eigenvalue weighted by Crippen LogP contribution is 2.18. The molecule has 2 amide bonds. The molecule has 1 aromatic heterocycles. The number of amides is 2. The number of aromatic nitrogens is 2. The maximum Gasteiger partial charge on any atom is 0.286 e. The van der Waals surface area contributed by atoms with Crippen molar-refractivity contribution in [3.63, 3.8) is 0 Å². The van der Waals surface area contributed by atoms with Gasteiger partial charge in [0.1, 0.15) is 16.6 Å². The zero-order chi connectivity index (χ0) is 22.1. The van der Waals surface area contributed by atoms with Crippen molar-refractivity contribution in [1.82, 2.24) is 15.5 Å². The fourth-order valence-electron chi connectivity index (χ4n) is 2.47. The Kier molecular flexibility index (Phi) is 8.36. The van der Waals surface area contributed by atoms with Gasteiger partial charge in [-0.3, -0.25) is 9.59 Å². The normalized spacial score (nSPS) is 10.5. The van der Waals surface area contributed by atoms with Crippen LogP contribution in [0.3, 0.4) is 0 Å². The third kappa shape index (κ3) is 7.34. The minimum Gasteiger partial charge on any atom is -0.494 e. The molecular weight excluding hydrogens is 439 g/mol. The minimum atomic E-state index is -0.409. The van der Waals surface area contributed by atoms with Crippen LogP contribution in [0.1, 0.15) is 27.3 Å². The standard InChI is InChI=1S/C21H21FN4O3S2/c1-2-29-17-9-3-14(4-10-17)11-23-18(27)12-30-13-19-25-26-21(31-19)20(28)24-16-7-5-15(22)6-8-16/h3-10H,2,11-13H2,1H3,(H,23,27)(H,24,28). The van der Waals surface area contributed by atoms with Crippen LogP contribution in [0, 0.1) is 5.82 Å². The molecule has 0 aliphatic heterocycles. The molecule has 0 radical (unpaired) electrons. The number of nitrogens with one attached hydrogen (secondary N) is 2. The van der Waals surface area contributed by atoms with Gasteiger partial charge in [-0.2, -0.15) is 0 Å². The summed E-state index contributed by atoms with van der Waals surface area (Å²) in [6.45, 7) is 2.98. The van der Waals surface area contributed by atoms with E-state index in [2.05, 4.69) is 20.8 Å². The smallest absolute Gasteiger partial charge is 0.286 e. The lowest BCUT2D eigenvalue weighted by Crippen LogP contribution is -2.24. The fourth-order valence-corrected chi connectivity index (χ4v) is 4.11. The highest BCUT2D eigenvalue weighted by molar-refractivity contribution is 7.99. The van der Waals surface area contributed by atoms with E-state index in [9.17, 15) is 14.0 Å². The molecule has 0 atom stereocenters. The lowest BCUT2D eigenvalue weighted by Gasteiger charge is -2.06. The molecule has 0 spiro atoms. The largest absolute Gasteiger partial charge is 0.494 e. The average molecular weight is 461 g/mol. The molecule has 7 nitrogen and oxygen atoms in total. The van der Waals surface area contributed by atoms with Crippen LogP contribution in [0.2, 0.25) is 0 Å². The molecule has 162 valence electrons. The SMILES string of the molecule is CCOc1ccc(CNC(=O)CSCc2nnc(C(=O)Nc3ccc(F)cc3)s2)cc1. The Morgan fingerprint density at radius 2 is 1.84 bits per heavy atom. The maximum atomic E-state index is 12.9. The Balaban J connectivity index is 1.38. The highest BCUT2D eigenvalue weighted by Gasteiger charge is 2.13. The summed E-state index contributed by atoms with van der Waals surface area (Å²) in [5, 5.41) is 14.2. The van der Waals surface area contributed by atoms with E-state index in [0.29, 0.717) is 29.6 Å². The van der Waals surface area contributed by atoms with Gasteiger partial charge in [0.25, 0.3) is 5.91 Å². The van der Waals surface area contributed by atoms with E-state index in [-0.39, 0.29) is 22.5 Å². The second-order valence-corrected chi connectivity index (χ2v) is 8.36. The van der Waals surface area contributed by atoms with Crippen molar-refractivity contribution in [1.29, 1.82) is 0 Å². The summed E-state index contributed by atoms with van der Waals surface area (Å²) in [5.74, 6) is 0.671. The van der Waals surface area contributed by atoms with E-state index in [4.69, 9.17) is 4.74 Å². The highest BCUT2D eigenvalue weighted by atomic mass is 32.2. The maximum absolute atomic E-state index is 12.9. The van der Waals surface area contributed by atoms with Crippen molar-refractivity contribution >= 4 is 40.6 Å². The van der Waals surface area contributed by atoms with E-state index in [1.807, 2.05) is 31.2 Å². The van der Waals surface area contributed by atoms with Crippen LogP contribution in [0.25, 0.3) is 0 Å².